The van der Waals surface area contributed by atoms with Gasteiger partial charge >= 0.3 is 0 Å². The van der Waals surface area contributed by atoms with Gasteiger partial charge in [0.2, 0.25) is 0 Å². The molecular weight excluding hydrogens is 619 g/mol. The summed E-state index contributed by atoms with van der Waals surface area (Å²) in [6, 6.07) is 18.8. The first-order valence-electron chi connectivity index (χ1n) is 10.9. The molecule has 0 saturated carbocycles. The molecule has 0 saturated heterocycles. The van der Waals surface area contributed by atoms with E-state index in [1.54, 1.807) is 11.3 Å². The van der Waals surface area contributed by atoms with Gasteiger partial charge < -0.3 is 5.11 Å². The van der Waals surface area contributed by atoms with Crippen LogP contribution in [0.25, 0.3) is 31.9 Å². The molecule has 4 rings (SSSR count). The second-order valence-corrected chi connectivity index (χ2v) is 9.66. The van der Waals surface area contributed by atoms with Gasteiger partial charge in [0, 0.05) is 36.4 Å². The summed E-state index contributed by atoms with van der Waals surface area (Å²) in [7, 11) is 0. The smallest absolute Gasteiger partial charge is 0.155 e. The van der Waals surface area contributed by atoms with Crippen LogP contribution in [0.2, 0.25) is 0 Å². The second kappa shape index (κ2) is 11.7. The van der Waals surface area contributed by atoms with Crippen LogP contribution in [0.1, 0.15) is 41.7 Å². The first-order valence-corrected chi connectivity index (χ1v) is 11.7. The Labute approximate surface area is 219 Å². The van der Waals surface area contributed by atoms with Crippen molar-refractivity contribution in [3.05, 3.63) is 88.2 Å². The number of allylic oxidation sites excluding steroid dienone is 2. The number of hydrogen-bond acceptors (Lipinski definition) is 4. The molecule has 0 amide bonds. The number of hydrogen-bond donors (Lipinski definition) is 1. The minimum Gasteiger partial charge on any atom is -0.512 e. The third-order valence-corrected chi connectivity index (χ3v) is 6.20. The van der Waals surface area contributed by atoms with Crippen molar-refractivity contribution in [2.75, 3.05) is 0 Å². The number of benzene rings is 2. The van der Waals surface area contributed by atoms with Crippen molar-refractivity contribution in [3.8, 4) is 21.7 Å². The fraction of sp³-hybridized carbons (Fsp3) is 0.241. The summed E-state index contributed by atoms with van der Waals surface area (Å²) in [4.78, 5) is 17.3. The third-order valence-electron chi connectivity index (χ3n) is 5.14. The van der Waals surface area contributed by atoms with Crippen LogP contribution in [0.4, 0.5) is 0 Å². The first kappa shape index (κ1) is 27.7. The number of aliphatic hydroxyl groups is 1. The Morgan fingerprint density at radius 2 is 1.56 bits per heavy atom. The van der Waals surface area contributed by atoms with Gasteiger partial charge in [-0.25, -0.2) is 0 Å². The molecule has 34 heavy (non-hydrogen) atoms. The number of ketones is 1. The average Bonchev–Trinajstić information content (AvgIpc) is 3.08. The minimum atomic E-state index is -0.125. The zero-order valence-electron chi connectivity index (χ0n) is 20.7. The Morgan fingerprint density at radius 3 is 2.09 bits per heavy atom. The fourth-order valence-corrected chi connectivity index (χ4v) is 5.29. The summed E-state index contributed by atoms with van der Waals surface area (Å²) >= 11 is 1.78. The third kappa shape index (κ3) is 6.96. The van der Waals surface area contributed by atoms with E-state index in [0.717, 1.165) is 21.7 Å². The number of carbonyl (C=O) groups excluding carboxylic acids is 1. The van der Waals surface area contributed by atoms with Crippen LogP contribution in [0.3, 0.4) is 0 Å². The van der Waals surface area contributed by atoms with Crippen molar-refractivity contribution < 1.29 is 30.0 Å². The Balaban J connectivity index is 0.000000449. The van der Waals surface area contributed by atoms with Crippen molar-refractivity contribution in [3.63, 3.8) is 0 Å². The van der Waals surface area contributed by atoms with Gasteiger partial charge in [-0.1, -0.05) is 43.7 Å². The maximum atomic E-state index is 10.0. The second-order valence-electron chi connectivity index (χ2n) is 8.63. The molecule has 0 aliphatic rings. The molecule has 0 spiro atoms. The van der Waals surface area contributed by atoms with Gasteiger partial charge in [-0.15, -0.1) is 46.2 Å². The summed E-state index contributed by atoms with van der Waals surface area (Å²) in [6.45, 7) is 13.6. The molecule has 1 radical (unpaired) electrons. The molecule has 1 N–H and O–H groups in total. The predicted molar refractivity (Wildman–Crippen MR) is 140 cm³/mol. The summed E-state index contributed by atoms with van der Waals surface area (Å²) in [5.41, 5.74) is 9.79. The van der Waals surface area contributed by atoms with E-state index in [1.165, 1.54) is 58.0 Å². The number of thiophene rings is 1. The number of carbonyl (C=O) groups is 1. The topological polar surface area (TPSA) is 50.2 Å². The van der Waals surface area contributed by atoms with E-state index in [2.05, 4.69) is 83.1 Å². The molecule has 0 aliphatic heterocycles. The van der Waals surface area contributed by atoms with Crippen LogP contribution in [0, 0.1) is 40.7 Å². The number of aryl methyl sites for hydroxylation is 5. The summed E-state index contributed by atoms with van der Waals surface area (Å²) < 4.78 is 0. The van der Waals surface area contributed by atoms with Gasteiger partial charge in [0.15, 0.2) is 5.78 Å². The monoisotopic (exact) mass is 649 g/mol. The van der Waals surface area contributed by atoms with E-state index in [-0.39, 0.29) is 31.6 Å². The summed E-state index contributed by atoms with van der Waals surface area (Å²) in [5.74, 6) is -0.0625. The zero-order chi connectivity index (χ0) is 24.3. The van der Waals surface area contributed by atoms with Gasteiger partial charge in [-0.2, -0.15) is 0 Å². The Kier molecular flexibility index (Phi) is 9.52. The van der Waals surface area contributed by atoms with Crippen molar-refractivity contribution in [1.82, 2.24) is 4.98 Å². The minimum absolute atomic E-state index is 0. The van der Waals surface area contributed by atoms with Gasteiger partial charge in [0.25, 0.3) is 0 Å². The number of fused-ring (bicyclic) bond motifs is 1. The van der Waals surface area contributed by atoms with Crippen LogP contribution in [-0.2, 0) is 24.9 Å². The van der Waals surface area contributed by atoms with Crippen molar-refractivity contribution in [2.24, 2.45) is 0 Å². The van der Waals surface area contributed by atoms with E-state index in [9.17, 15) is 4.79 Å². The first-order chi connectivity index (χ1) is 15.5. The maximum Gasteiger partial charge on any atom is 0.155 e. The van der Waals surface area contributed by atoms with Gasteiger partial charge in [0.05, 0.1) is 5.76 Å². The molecule has 0 aliphatic carbocycles. The normalized spacial score (nSPS) is 11.0. The Hall–Kier alpha value is -2.59. The number of aliphatic hydroxyl groups excluding tert-OH is 1. The molecule has 2 aromatic carbocycles. The van der Waals surface area contributed by atoms with Crippen LogP contribution < -0.4 is 0 Å². The largest absolute Gasteiger partial charge is 0.512 e. The summed E-state index contributed by atoms with van der Waals surface area (Å²) in [6.07, 6.45) is 1.17. The standard InChI is InChI=1S/C24H22NS.C5H8O2.Ir/c1-14-8-15(2)12-20(11-14)21-7-6-19-13-22(26-24(19)25-21)23-17(4)9-16(3)10-18(23)5;1-4(6)3-5(2)7;/h6-11,13H,1-5H3;3,6H,1-2H3;/q-1;;/b;4-3-;. The molecule has 2 aromatic heterocycles. The SMILES string of the molecule is CC(=O)/C=C(/C)O.Cc1[c-]c(-c2ccc3cc(-c4c(C)cc(C)cc4C)sc3n2)cc(C)c1.[Ir]. The molecule has 4 aromatic rings. The van der Waals surface area contributed by atoms with Crippen LogP contribution in [-0.4, -0.2) is 15.9 Å². The fourth-order valence-electron chi connectivity index (χ4n) is 4.09. The number of nitrogens with zero attached hydrogens (tertiary/aromatic N) is 1. The van der Waals surface area contributed by atoms with Gasteiger partial charge in [0.1, 0.15) is 4.83 Å². The van der Waals surface area contributed by atoms with E-state index in [4.69, 9.17) is 10.1 Å². The van der Waals surface area contributed by atoms with Crippen LogP contribution >= 0.6 is 11.3 Å². The Morgan fingerprint density at radius 1 is 0.941 bits per heavy atom. The number of pyridine rings is 1. The Bertz CT molecular complexity index is 1320. The van der Waals surface area contributed by atoms with Gasteiger partial charge in [-0.05, 0) is 63.1 Å². The molecule has 5 heteroatoms. The summed E-state index contributed by atoms with van der Waals surface area (Å²) in [5, 5.41) is 9.57. The molecule has 0 fully saturated rings. The molecular formula is C29H30IrNO2S-. The predicted octanol–water partition coefficient (Wildman–Crippen LogP) is 8.01. The average molecular weight is 649 g/mol. The van der Waals surface area contributed by atoms with Gasteiger partial charge in [-0.3, -0.25) is 9.78 Å². The molecule has 0 atom stereocenters. The number of rotatable bonds is 3. The number of aromatic nitrogens is 1. The molecule has 0 unspecified atom stereocenters. The van der Waals surface area contributed by atoms with E-state index < -0.39 is 0 Å². The van der Waals surface area contributed by atoms with E-state index in [0.29, 0.717) is 0 Å². The van der Waals surface area contributed by atoms with Crippen molar-refractivity contribution in [1.29, 1.82) is 0 Å². The zero-order valence-corrected chi connectivity index (χ0v) is 23.9. The van der Waals surface area contributed by atoms with Crippen LogP contribution in [0.5, 0.6) is 0 Å². The quantitative estimate of drug-likeness (QED) is 0.139. The van der Waals surface area contributed by atoms with E-state index in [1.807, 2.05) is 0 Å². The van der Waals surface area contributed by atoms with Crippen molar-refractivity contribution in [2.45, 2.75) is 48.5 Å². The molecule has 3 nitrogen and oxygen atoms in total. The van der Waals surface area contributed by atoms with E-state index >= 15 is 0 Å². The molecule has 2 heterocycles. The van der Waals surface area contributed by atoms with Crippen molar-refractivity contribution >= 4 is 27.3 Å². The van der Waals surface area contributed by atoms with Crippen LogP contribution in [0.15, 0.2) is 54.3 Å². The molecule has 0 bridgehead atoms. The molecule has 179 valence electrons. The maximum absolute atomic E-state index is 10.0.